The van der Waals surface area contributed by atoms with E-state index in [2.05, 4.69) is 10.2 Å². The minimum atomic E-state index is 0.252. The Labute approximate surface area is 63.0 Å². The third-order valence-electron chi connectivity index (χ3n) is 1.11. The van der Waals surface area contributed by atoms with Gasteiger partial charge >= 0.3 is 5.15 Å². The van der Waals surface area contributed by atoms with Gasteiger partial charge in [-0.1, -0.05) is 0 Å². The number of nitroso groups, excluding NO2 is 1. The van der Waals surface area contributed by atoms with Crippen molar-refractivity contribution in [2.45, 2.75) is 6.92 Å². The summed E-state index contributed by atoms with van der Waals surface area (Å²) in [6.07, 6.45) is 1.71. The molecule has 1 heterocycles. The van der Waals surface area contributed by atoms with Crippen molar-refractivity contribution in [1.82, 2.24) is 0 Å². The summed E-state index contributed by atoms with van der Waals surface area (Å²) in [6.45, 7) is 1.85. The predicted octanol–water partition coefficient (Wildman–Crippen LogP) is 1.86. The summed E-state index contributed by atoms with van der Waals surface area (Å²) in [4.78, 5) is 12.7. The van der Waals surface area contributed by atoms with Gasteiger partial charge in [0.1, 0.15) is 0 Å². The molecule has 0 radical (unpaired) electrons. The van der Waals surface area contributed by atoms with E-state index in [9.17, 15) is 4.91 Å². The molecule has 4 heteroatoms. The summed E-state index contributed by atoms with van der Waals surface area (Å²) in [5.74, 6) is 0. The smallest absolute Gasteiger partial charge is 0.199 e. The quantitative estimate of drug-likeness (QED) is 0.453. The SMILES string of the molecule is Cc1c[nH+]c(Cl)c(N=O)c1. The van der Waals surface area contributed by atoms with Gasteiger partial charge in [0, 0.05) is 5.56 Å². The van der Waals surface area contributed by atoms with Crippen molar-refractivity contribution in [2.75, 3.05) is 0 Å². The van der Waals surface area contributed by atoms with Gasteiger partial charge in [-0.2, -0.15) is 4.98 Å². The Kier molecular flexibility index (Phi) is 1.97. The Bertz CT molecular complexity index is 262. The lowest BCUT2D eigenvalue weighted by Crippen LogP contribution is -2.02. The Morgan fingerprint density at radius 2 is 2.40 bits per heavy atom. The standard InChI is InChI=1S/C6H5ClN2O/c1-4-2-5(9-10)6(7)8-3-4/h2-3H,1H3/p+1. The van der Waals surface area contributed by atoms with Crippen LogP contribution in [-0.2, 0) is 0 Å². The van der Waals surface area contributed by atoms with Crippen LogP contribution in [0.2, 0.25) is 5.15 Å². The van der Waals surface area contributed by atoms with Gasteiger partial charge in [-0.3, -0.25) is 0 Å². The lowest BCUT2D eigenvalue weighted by Gasteiger charge is -1.87. The van der Waals surface area contributed by atoms with Crippen LogP contribution in [0.15, 0.2) is 17.4 Å². The molecule has 10 heavy (non-hydrogen) atoms. The monoisotopic (exact) mass is 157 g/mol. The van der Waals surface area contributed by atoms with E-state index in [1.54, 1.807) is 12.3 Å². The van der Waals surface area contributed by atoms with Crippen LogP contribution in [0.5, 0.6) is 0 Å². The highest BCUT2D eigenvalue weighted by Crippen LogP contribution is 2.19. The molecule has 52 valence electrons. The molecule has 1 N–H and O–H groups in total. The molecular formula is C6H6ClN2O+. The minimum Gasteiger partial charge on any atom is -0.199 e. The zero-order chi connectivity index (χ0) is 7.56. The third-order valence-corrected chi connectivity index (χ3v) is 1.42. The third kappa shape index (κ3) is 1.30. The van der Waals surface area contributed by atoms with Gasteiger partial charge in [0.15, 0.2) is 11.9 Å². The van der Waals surface area contributed by atoms with Gasteiger partial charge in [-0.15, -0.1) is 4.91 Å². The maximum atomic E-state index is 10.0. The van der Waals surface area contributed by atoms with E-state index in [1.807, 2.05) is 6.92 Å². The van der Waals surface area contributed by atoms with Gasteiger partial charge in [-0.25, -0.2) is 0 Å². The molecule has 0 amide bonds. The first-order valence-corrected chi connectivity index (χ1v) is 3.13. The average Bonchev–Trinajstić information content (AvgIpc) is 1.94. The van der Waals surface area contributed by atoms with Crippen molar-refractivity contribution in [2.24, 2.45) is 5.18 Å². The summed E-state index contributed by atoms with van der Waals surface area (Å²) in [6, 6.07) is 1.62. The highest BCUT2D eigenvalue weighted by atomic mass is 35.5. The number of pyridine rings is 1. The van der Waals surface area contributed by atoms with E-state index in [4.69, 9.17) is 11.6 Å². The van der Waals surface area contributed by atoms with Gasteiger partial charge in [0.25, 0.3) is 0 Å². The van der Waals surface area contributed by atoms with E-state index < -0.39 is 0 Å². The zero-order valence-electron chi connectivity index (χ0n) is 5.39. The van der Waals surface area contributed by atoms with Gasteiger partial charge in [0.2, 0.25) is 0 Å². The molecule has 0 aliphatic heterocycles. The first kappa shape index (κ1) is 7.15. The Morgan fingerprint density at radius 1 is 1.70 bits per heavy atom. The number of aromatic nitrogens is 1. The van der Waals surface area contributed by atoms with Crippen LogP contribution in [0.3, 0.4) is 0 Å². The normalized spacial score (nSPS) is 9.40. The minimum absolute atomic E-state index is 0.252. The van der Waals surface area contributed by atoms with E-state index in [1.165, 1.54) is 0 Å². The van der Waals surface area contributed by atoms with Crippen LogP contribution < -0.4 is 4.98 Å². The lowest BCUT2D eigenvalue weighted by molar-refractivity contribution is -0.375. The molecule has 0 bridgehead atoms. The number of halogens is 1. The van der Waals surface area contributed by atoms with Gasteiger partial charge in [0.05, 0.1) is 0 Å². The van der Waals surface area contributed by atoms with E-state index in [-0.39, 0.29) is 10.8 Å². The Morgan fingerprint density at radius 3 is 2.90 bits per heavy atom. The lowest BCUT2D eigenvalue weighted by atomic mass is 10.3. The number of hydrogen-bond acceptors (Lipinski definition) is 2. The van der Waals surface area contributed by atoms with Crippen molar-refractivity contribution < 1.29 is 4.98 Å². The number of hydrogen-bond donors (Lipinski definition) is 0. The maximum Gasteiger partial charge on any atom is 0.302 e. The molecule has 3 nitrogen and oxygen atoms in total. The fraction of sp³-hybridized carbons (Fsp3) is 0.167. The second-order valence-electron chi connectivity index (χ2n) is 1.97. The summed E-state index contributed by atoms with van der Waals surface area (Å²) in [7, 11) is 0. The number of nitrogens with one attached hydrogen (secondary N) is 1. The number of H-pyrrole nitrogens is 1. The number of aryl methyl sites for hydroxylation is 1. The molecule has 1 aromatic rings. The first-order chi connectivity index (χ1) is 4.74. The van der Waals surface area contributed by atoms with Gasteiger partial charge < -0.3 is 0 Å². The summed E-state index contributed by atoms with van der Waals surface area (Å²) in [5, 5.41) is 3.00. The summed E-state index contributed by atoms with van der Waals surface area (Å²) < 4.78 is 0. The number of aromatic amines is 1. The molecule has 1 rings (SSSR count). The summed E-state index contributed by atoms with van der Waals surface area (Å²) >= 11 is 5.55. The first-order valence-electron chi connectivity index (χ1n) is 2.75. The van der Waals surface area contributed by atoms with E-state index >= 15 is 0 Å². The molecular weight excluding hydrogens is 152 g/mol. The predicted molar refractivity (Wildman–Crippen MR) is 38.2 cm³/mol. The van der Waals surface area contributed by atoms with Crippen molar-refractivity contribution >= 4 is 17.3 Å². The zero-order valence-corrected chi connectivity index (χ0v) is 6.14. The average molecular weight is 158 g/mol. The van der Waals surface area contributed by atoms with Crippen LogP contribution in [0.25, 0.3) is 0 Å². The van der Waals surface area contributed by atoms with Crippen LogP contribution in [0, 0.1) is 11.8 Å². The van der Waals surface area contributed by atoms with Crippen molar-refractivity contribution in [3.8, 4) is 0 Å². The van der Waals surface area contributed by atoms with Crippen LogP contribution in [0.4, 0.5) is 5.69 Å². The van der Waals surface area contributed by atoms with Crippen molar-refractivity contribution in [1.29, 1.82) is 0 Å². The largest absolute Gasteiger partial charge is 0.302 e. The van der Waals surface area contributed by atoms with Crippen LogP contribution in [-0.4, -0.2) is 0 Å². The second kappa shape index (κ2) is 2.75. The molecule has 0 saturated heterocycles. The summed E-state index contributed by atoms with van der Waals surface area (Å²) in [5.41, 5.74) is 1.18. The molecule has 0 aromatic carbocycles. The second-order valence-corrected chi connectivity index (χ2v) is 2.35. The highest BCUT2D eigenvalue weighted by Gasteiger charge is 2.06. The molecule has 0 aliphatic rings. The van der Waals surface area contributed by atoms with Crippen molar-refractivity contribution in [3.05, 3.63) is 27.9 Å². The number of nitrogens with zero attached hydrogens (tertiary/aromatic N) is 1. The fourth-order valence-corrected chi connectivity index (χ4v) is 0.782. The van der Waals surface area contributed by atoms with E-state index in [0.29, 0.717) is 0 Å². The number of rotatable bonds is 1. The highest BCUT2D eigenvalue weighted by molar-refractivity contribution is 6.30. The molecule has 0 unspecified atom stereocenters. The Balaban J connectivity index is 3.21. The van der Waals surface area contributed by atoms with Crippen molar-refractivity contribution in [3.63, 3.8) is 0 Å². The fourth-order valence-electron chi connectivity index (χ4n) is 0.638. The molecule has 0 spiro atoms. The molecule has 0 saturated carbocycles. The van der Waals surface area contributed by atoms with Crippen LogP contribution >= 0.6 is 11.6 Å². The molecule has 0 aliphatic carbocycles. The topological polar surface area (TPSA) is 43.6 Å². The Hall–Kier alpha value is -0.960. The molecule has 0 atom stereocenters. The molecule has 1 aromatic heterocycles. The maximum absolute atomic E-state index is 10.0. The molecule has 0 fully saturated rings. The van der Waals surface area contributed by atoms with E-state index in [0.717, 1.165) is 5.56 Å². The van der Waals surface area contributed by atoms with Crippen LogP contribution in [0.1, 0.15) is 5.56 Å². The van der Waals surface area contributed by atoms with Gasteiger partial charge in [-0.05, 0) is 29.8 Å².